The minimum Gasteiger partial charge on any atom is -0.367 e. The van der Waals surface area contributed by atoms with E-state index in [9.17, 15) is 27.2 Å². The molecule has 0 radical (unpaired) electrons. The van der Waals surface area contributed by atoms with Crippen molar-refractivity contribution in [3.8, 4) is 16.9 Å². The van der Waals surface area contributed by atoms with Crippen LogP contribution in [0.1, 0.15) is 12.0 Å². The van der Waals surface area contributed by atoms with Gasteiger partial charge in [-0.2, -0.15) is 13.2 Å². The Morgan fingerprint density at radius 1 is 1.20 bits per heavy atom. The van der Waals surface area contributed by atoms with Gasteiger partial charge >= 0.3 is 6.18 Å². The second kappa shape index (κ2) is 10.0. The quantitative estimate of drug-likeness (QED) is 0.459. The highest BCUT2D eigenvalue weighted by atomic mass is 35.5. The van der Waals surface area contributed by atoms with E-state index in [1.807, 2.05) is 0 Å². The molecule has 4 rings (SSSR count). The third-order valence-corrected chi connectivity index (χ3v) is 5.42. The summed E-state index contributed by atoms with van der Waals surface area (Å²) < 4.78 is 57.7. The molecule has 3 aromatic rings. The van der Waals surface area contributed by atoms with Gasteiger partial charge in [-0.3, -0.25) is 9.59 Å². The lowest BCUT2D eigenvalue weighted by Gasteiger charge is -2.11. The highest BCUT2D eigenvalue weighted by molar-refractivity contribution is 6.30. The molecule has 1 aromatic heterocycles. The fourth-order valence-corrected chi connectivity index (χ4v) is 3.74. The van der Waals surface area contributed by atoms with Crippen LogP contribution >= 0.6 is 11.6 Å². The average Bonchev–Trinajstić information content (AvgIpc) is 3.39. The SMILES string of the molecule is O=C1C[C@@H](C(=O)Nc2cc(-c3cc(F)cc(COCC(F)(F)F)c3)n(-c3ccc(Cl)cc3)n2)CN1. The highest BCUT2D eigenvalue weighted by Gasteiger charge is 2.29. The molecule has 1 atom stereocenters. The first-order chi connectivity index (χ1) is 16.6. The maximum Gasteiger partial charge on any atom is 0.411 e. The minimum atomic E-state index is -4.50. The molecule has 1 fully saturated rings. The smallest absolute Gasteiger partial charge is 0.367 e. The van der Waals surface area contributed by atoms with E-state index in [4.69, 9.17) is 11.6 Å². The van der Waals surface area contributed by atoms with Crippen LogP contribution < -0.4 is 10.6 Å². The Morgan fingerprint density at radius 2 is 1.94 bits per heavy atom. The lowest BCUT2D eigenvalue weighted by molar-refractivity contribution is -0.176. The van der Waals surface area contributed by atoms with Crippen molar-refractivity contribution in [2.45, 2.75) is 19.2 Å². The van der Waals surface area contributed by atoms with Gasteiger partial charge in [-0.1, -0.05) is 11.6 Å². The van der Waals surface area contributed by atoms with Gasteiger partial charge in [0.15, 0.2) is 5.82 Å². The first-order valence-electron chi connectivity index (χ1n) is 10.5. The molecule has 0 spiro atoms. The largest absolute Gasteiger partial charge is 0.411 e. The van der Waals surface area contributed by atoms with E-state index < -0.39 is 37.0 Å². The van der Waals surface area contributed by atoms with Crippen molar-refractivity contribution in [1.82, 2.24) is 15.1 Å². The average molecular weight is 511 g/mol. The van der Waals surface area contributed by atoms with Crippen molar-refractivity contribution in [3.63, 3.8) is 0 Å². The van der Waals surface area contributed by atoms with Crippen LogP contribution in [0, 0.1) is 11.7 Å². The molecular weight excluding hydrogens is 492 g/mol. The summed E-state index contributed by atoms with van der Waals surface area (Å²) in [6.45, 7) is -1.71. The molecule has 2 heterocycles. The minimum absolute atomic E-state index is 0.0573. The summed E-state index contributed by atoms with van der Waals surface area (Å²) in [5, 5.41) is 10.1. The van der Waals surface area contributed by atoms with Crippen molar-refractivity contribution in [1.29, 1.82) is 0 Å². The number of carbonyl (C=O) groups excluding carboxylic acids is 2. The Bertz CT molecular complexity index is 1240. The number of nitrogens with one attached hydrogen (secondary N) is 2. The molecule has 0 saturated carbocycles. The lowest BCUT2D eigenvalue weighted by Crippen LogP contribution is -2.24. The van der Waals surface area contributed by atoms with Crippen molar-refractivity contribution in [2.75, 3.05) is 18.5 Å². The van der Waals surface area contributed by atoms with Crippen LogP contribution in [0.5, 0.6) is 0 Å². The number of halogens is 5. The van der Waals surface area contributed by atoms with Gasteiger partial charge in [0, 0.05) is 29.6 Å². The summed E-state index contributed by atoms with van der Waals surface area (Å²) in [6.07, 6.45) is -4.45. The van der Waals surface area contributed by atoms with Gasteiger partial charge in [-0.05, 0) is 48.0 Å². The normalized spacial score (nSPS) is 15.8. The Morgan fingerprint density at radius 3 is 2.60 bits per heavy atom. The maximum atomic E-state index is 14.4. The Kier molecular flexibility index (Phi) is 7.08. The zero-order valence-corrected chi connectivity index (χ0v) is 18.8. The van der Waals surface area contributed by atoms with Crippen molar-refractivity contribution in [3.05, 3.63) is 64.9 Å². The number of hydrogen-bond acceptors (Lipinski definition) is 4. The van der Waals surface area contributed by atoms with E-state index >= 15 is 0 Å². The summed E-state index contributed by atoms with van der Waals surface area (Å²) in [4.78, 5) is 24.0. The third kappa shape index (κ3) is 6.37. The Hall–Kier alpha value is -3.44. The van der Waals surface area contributed by atoms with E-state index in [2.05, 4.69) is 20.5 Å². The zero-order valence-electron chi connectivity index (χ0n) is 18.0. The van der Waals surface area contributed by atoms with Gasteiger partial charge in [0.25, 0.3) is 0 Å². The van der Waals surface area contributed by atoms with E-state index in [0.717, 1.165) is 6.07 Å². The van der Waals surface area contributed by atoms with Gasteiger partial charge in [0.2, 0.25) is 11.8 Å². The van der Waals surface area contributed by atoms with Crippen molar-refractivity contribution in [2.24, 2.45) is 5.92 Å². The van der Waals surface area contributed by atoms with Crippen LogP contribution in [0.15, 0.2) is 48.5 Å². The van der Waals surface area contributed by atoms with Crippen LogP contribution in [-0.2, 0) is 20.9 Å². The number of rotatable bonds is 7. The Balaban J connectivity index is 1.66. The summed E-state index contributed by atoms with van der Waals surface area (Å²) in [7, 11) is 0. The summed E-state index contributed by atoms with van der Waals surface area (Å²) in [5.41, 5.74) is 1.40. The molecule has 7 nitrogen and oxygen atoms in total. The van der Waals surface area contributed by atoms with Gasteiger partial charge in [-0.15, -0.1) is 5.10 Å². The van der Waals surface area contributed by atoms with Gasteiger partial charge < -0.3 is 15.4 Å². The Labute approximate surface area is 202 Å². The molecule has 0 unspecified atom stereocenters. The van der Waals surface area contributed by atoms with Gasteiger partial charge in [0.1, 0.15) is 12.4 Å². The number of benzene rings is 2. The molecule has 0 aliphatic carbocycles. The third-order valence-electron chi connectivity index (χ3n) is 5.17. The van der Waals surface area contributed by atoms with E-state index in [0.29, 0.717) is 22.0 Å². The molecule has 12 heteroatoms. The monoisotopic (exact) mass is 510 g/mol. The number of amides is 2. The van der Waals surface area contributed by atoms with E-state index in [-0.39, 0.29) is 30.3 Å². The first-order valence-corrected chi connectivity index (χ1v) is 10.8. The van der Waals surface area contributed by atoms with Crippen LogP contribution in [0.2, 0.25) is 5.02 Å². The molecule has 2 N–H and O–H groups in total. The molecule has 0 bridgehead atoms. The number of alkyl halides is 3. The molecular formula is C23H19ClF4N4O3. The molecule has 1 aliphatic heterocycles. The van der Waals surface area contributed by atoms with Crippen molar-refractivity contribution < 1.29 is 31.9 Å². The van der Waals surface area contributed by atoms with Crippen LogP contribution in [-0.4, -0.2) is 40.9 Å². The van der Waals surface area contributed by atoms with Crippen LogP contribution in [0.25, 0.3) is 16.9 Å². The molecule has 2 amide bonds. The van der Waals surface area contributed by atoms with Crippen LogP contribution in [0.3, 0.4) is 0 Å². The molecule has 1 saturated heterocycles. The predicted octanol–water partition coefficient (Wildman–Crippen LogP) is 4.49. The molecule has 35 heavy (non-hydrogen) atoms. The second-order valence-electron chi connectivity index (χ2n) is 7.95. The summed E-state index contributed by atoms with van der Waals surface area (Å²) >= 11 is 5.97. The fourth-order valence-electron chi connectivity index (χ4n) is 3.61. The molecule has 184 valence electrons. The van der Waals surface area contributed by atoms with E-state index in [1.54, 1.807) is 24.3 Å². The number of hydrogen-bond donors (Lipinski definition) is 2. The second-order valence-corrected chi connectivity index (χ2v) is 8.39. The number of anilines is 1. The topological polar surface area (TPSA) is 85.2 Å². The lowest BCUT2D eigenvalue weighted by atomic mass is 10.1. The van der Waals surface area contributed by atoms with Crippen molar-refractivity contribution >= 4 is 29.2 Å². The zero-order chi connectivity index (χ0) is 25.2. The number of aromatic nitrogens is 2. The van der Waals surface area contributed by atoms with Gasteiger partial charge in [0.05, 0.1) is 23.9 Å². The van der Waals surface area contributed by atoms with Crippen LogP contribution in [0.4, 0.5) is 23.4 Å². The molecule has 1 aliphatic rings. The number of carbonyl (C=O) groups is 2. The maximum absolute atomic E-state index is 14.4. The van der Waals surface area contributed by atoms with Gasteiger partial charge in [-0.25, -0.2) is 9.07 Å². The number of nitrogens with zero attached hydrogens (tertiary/aromatic N) is 2. The standard InChI is InChI=1S/C23H19ClF4N4O3/c24-16-1-3-18(4-2-16)32-19(9-20(31-32)30-22(34)15-8-21(33)29-10-15)14-5-13(6-17(25)7-14)11-35-12-23(26,27)28/h1-7,9,15H,8,10-12H2,(H,29,33)(H,30,31,34)/t15-/m1/s1. The fraction of sp³-hybridized carbons (Fsp3) is 0.261. The van der Waals surface area contributed by atoms with E-state index in [1.165, 1.54) is 22.9 Å². The molecule has 2 aromatic carbocycles. The number of ether oxygens (including phenoxy) is 1. The predicted molar refractivity (Wildman–Crippen MR) is 119 cm³/mol. The summed E-state index contributed by atoms with van der Waals surface area (Å²) in [5.74, 6) is -1.72. The highest BCUT2D eigenvalue weighted by Crippen LogP contribution is 2.29. The summed E-state index contributed by atoms with van der Waals surface area (Å²) in [6, 6.07) is 11.8. The first kappa shape index (κ1) is 24.7.